The monoisotopic (exact) mass is 321 g/mol. The van der Waals surface area contributed by atoms with Crippen LogP contribution in [0.15, 0.2) is 18.2 Å². The maximum Gasteiger partial charge on any atom is 0.315 e. The largest absolute Gasteiger partial charge is 0.317 e. The predicted molar refractivity (Wildman–Crippen MR) is 79.7 cm³/mol. The second-order valence-electron chi connectivity index (χ2n) is 4.29. The van der Waals surface area contributed by atoms with Crippen molar-refractivity contribution in [1.29, 1.82) is 0 Å². The fourth-order valence-electron chi connectivity index (χ4n) is 1.54. The van der Waals surface area contributed by atoms with E-state index in [0.717, 1.165) is 11.3 Å². The number of hydrogen-bond donors (Lipinski definition) is 2. The number of aromatic nitrogens is 2. The van der Waals surface area contributed by atoms with Crippen LogP contribution in [0.5, 0.6) is 0 Å². The van der Waals surface area contributed by atoms with E-state index in [9.17, 15) is 19.7 Å². The average Bonchev–Trinajstić information content (AvgIpc) is 2.86. The number of rotatable bonds is 3. The Labute approximate surface area is 128 Å². The Balaban J connectivity index is 2.09. The third-order valence-electron chi connectivity index (χ3n) is 2.63. The normalized spacial score (nSPS) is 10.1. The predicted octanol–water partition coefficient (Wildman–Crippen LogP) is 1.64. The molecule has 0 fully saturated rings. The molecule has 1 heterocycles. The highest BCUT2D eigenvalue weighted by molar-refractivity contribution is 7.15. The first-order valence-electron chi connectivity index (χ1n) is 6.04. The lowest BCUT2D eigenvalue weighted by Crippen LogP contribution is -2.29. The second-order valence-corrected chi connectivity index (χ2v) is 5.47. The number of nitrogens with one attached hydrogen (secondary N) is 2. The van der Waals surface area contributed by atoms with Gasteiger partial charge in [0.25, 0.3) is 5.69 Å². The fraction of sp³-hybridized carbons (Fsp3) is 0.167. The number of carbonyl (C=O) groups excluding carboxylic acids is 2. The summed E-state index contributed by atoms with van der Waals surface area (Å²) in [6, 6.07) is 3.99. The first-order chi connectivity index (χ1) is 10.4. The molecule has 0 aliphatic carbocycles. The topological polar surface area (TPSA) is 127 Å². The maximum atomic E-state index is 11.8. The van der Waals surface area contributed by atoms with Crippen molar-refractivity contribution in [2.75, 3.05) is 10.6 Å². The summed E-state index contributed by atoms with van der Waals surface area (Å²) < 4.78 is 0. The van der Waals surface area contributed by atoms with Gasteiger partial charge in [0.2, 0.25) is 5.13 Å². The van der Waals surface area contributed by atoms with E-state index in [0.29, 0.717) is 10.6 Å². The van der Waals surface area contributed by atoms with Crippen molar-refractivity contribution in [2.45, 2.75) is 13.8 Å². The molecule has 22 heavy (non-hydrogen) atoms. The van der Waals surface area contributed by atoms with Gasteiger partial charge in [0.15, 0.2) is 0 Å². The molecule has 0 radical (unpaired) electrons. The molecule has 0 unspecified atom stereocenters. The molecule has 2 rings (SSSR count). The molecular weight excluding hydrogens is 310 g/mol. The highest BCUT2D eigenvalue weighted by Gasteiger charge is 2.18. The third kappa shape index (κ3) is 3.61. The van der Waals surface area contributed by atoms with E-state index in [-0.39, 0.29) is 16.5 Å². The Bertz CT molecular complexity index is 758. The molecule has 0 atom stereocenters. The number of benzene rings is 1. The number of non-ortho nitro benzene ring substituents is 1. The highest BCUT2D eigenvalue weighted by Crippen LogP contribution is 2.22. The minimum Gasteiger partial charge on any atom is -0.317 e. The Kier molecular flexibility index (Phi) is 4.41. The molecule has 1 aromatic heterocycles. The molecule has 10 heteroatoms. The van der Waals surface area contributed by atoms with Gasteiger partial charge in [-0.1, -0.05) is 17.4 Å². The Morgan fingerprint density at radius 1 is 1.18 bits per heavy atom. The first-order valence-corrected chi connectivity index (χ1v) is 6.86. The van der Waals surface area contributed by atoms with Crippen molar-refractivity contribution in [3.05, 3.63) is 38.9 Å². The van der Waals surface area contributed by atoms with Crippen molar-refractivity contribution >= 4 is 39.7 Å². The van der Waals surface area contributed by atoms with E-state index in [2.05, 4.69) is 20.8 Å². The molecular formula is C12H11N5O4S. The lowest BCUT2D eigenvalue weighted by molar-refractivity contribution is -0.384. The van der Waals surface area contributed by atoms with Crippen LogP contribution in [0.2, 0.25) is 0 Å². The van der Waals surface area contributed by atoms with Crippen LogP contribution < -0.4 is 10.6 Å². The number of aryl methyl sites for hydroxylation is 2. The van der Waals surface area contributed by atoms with Gasteiger partial charge >= 0.3 is 11.8 Å². The lowest BCUT2D eigenvalue weighted by Gasteiger charge is -2.07. The molecule has 2 amide bonds. The van der Waals surface area contributed by atoms with Crippen LogP contribution in [-0.4, -0.2) is 26.9 Å². The van der Waals surface area contributed by atoms with Gasteiger partial charge in [-0.25, -0.2) is 0 Å². The Morgan fingerprint density at radius 2 is 1.86 bits per heavy atom. The molecule has 114 valence electrons. The molecule has 1 aromatic carbocycles. The zero-order valence-electron chi connectivity index (χ0n) is 11.6. The zero-order valence-corrected chi connectivity index (χ0v) is 12.4. The van der Waals surface area contributed by atoms with Crippen LogP contribution in [0.3, 0.4) is 0 Å². The summed E-state index contributed by atoms with van der Waals surface area (Å²) in [6.45, 7) is 3.37. The molecule has 0 saturated heterocycles. The zero-order chi connectivity index (χ0) is 16.3. The molecule has 2 aromatic rings. The standard InChI is InChI=1S/C12H11N5O4S/c1-6-3-4-8(17(20)21)5-9(6)13-10(18)11(19)14-12-16-15-7(2)22-12/h3-5H,1-2H3,(H,13,18)(H,14,16,19). The molecule has 0 bridgehead atoms. The summed E-state index contributed by atoms with van der Waals surface area (Å²) in [5.41, 5.74) is 0.613. The fourth-order valence-corrected chi connectivity index (χ4v) is 2.13. The number of amides is 2. The minimum absolute atomic E-state index is 0.180. The quantitative estimate of drug-likeness (QED) is 0.502. The number of nitro benzene ring substituents is 1. The third-order valence-corrected chi connectivity index (χ3v) is 3.39. The average molecular weight is 321 g/mol. The van der Waals surface area contributed by atoms with E-state index in [4.69, 9.17) is 0 Å². The Morgan fingerprint density at radius 3 is 2.45 bits per heavy atom. The molecule has 0 aliphatic rings. The number of carbonyl (C=O) groups is 2. The molecule has 9 nitrogen and oxygen atoms in total. The van der Waals surface area contributed by atoms with Crippen LogP contribution >= 0.6 is 11.3 Å². The second kappa shape index (κ2) is 6.26. The first kappa shape index (κ1) is 15.5. The Hall–Kier alpha value is -2.88. The van der Waals surface area contributed by atoms with Crippen LogP contribution in [0.4, 0.5) is 16.5 Å². The summed E-state index contributed by atoms with van der Waals surface area (Å²) in [4.78, 5) is 33.7. The van der Waals surface area contributed by atoms with Crippen molar-refractivity contribution in [3.8, 4) is 0 Å². The van der Waals surface area contributed by atoms with E-state index >= 15 is 0 Å². The smallest absolute Gasteiger partial charge is 0.315 e. The van der Waals surface area contributed by atoms with Crippen molar-refractivity contribution in [3.63, 3.8) is 0 Å². The van der Waals surface area contributed by atoms with Gasteiger partial charge in [-0.05, 0) is 19.4 Å². The van der Waals surface area contributed by atoms with E-state index in [1.54, 1.807) is 13.8 Å². The summed E-state index contributed by atoms with van der Waals surface area (Å²) in [6.07, 6.45) is 0. The van der Waals surface area contributed by atoms with Gasteiger partial charge in [0, 0.05) is 12.1 Å². The van der Waals surface area contributed by atoms with Crippen LogP contribution in [0.25, 0.3) is 0 Å². The maximum absolute atomic E-state index is 11.8. The van der Waals surface area contributed by atoms with Crippen molar-refractivity contribution in [1.82, 2.24) is 10.2 Å². The van der Waals surface area contributed by atoms with Gasteiger partial charge in [-0.15, -0.1) is 10.2 Å². The van der Waals surface area contributed by atoms with Gasteiger partial charge in [0.05, 0.1) is 10.6 Å². The van der Waals surface area contributed by atoms with Crippen molar-refractivity contribution < 1.29 is 14.5 Å². The summed E-state index contributed by atoms with van der Waals surface area (Å²) in [5, 5.41) is 23.6. The van der Waals surface area contributed by atoms with Gasteiger partial charge in [-0.2, -0.15) is 0 Å². The molecule has 2 N–H and O–H groups in total. The minimum atomic E-state index is -0.948. The van der Waals surface area contributed by atoms with Gasteiger partial charge in [0.1, 0.15) is 5.01 Å². The highest BCUT2D eigenvalue weighted by atomic mass is 32.1. The van der Waals surface area contributed by atoms with E-state index < -0.39 is 16.7 Å². The summed E-state index contributed by atoms with van der Waals surface area (Å²) in [5.74, 6) is -1.88. The van der Waals surface area contributed by atoms with Crippen LogP contribution in [-0.2, 0) is 9.59 Å². The van der Waals surface area contributed by atoms with Gasteiger partial charge in [-0.3, -0.25) is 25.0 Å². The van der Waals surface area contributed by atoms with Crippen molar-refractivity contribution in [2.24, 2.45) is 0 Å². The summed E-state index contributed by atoms with van der Waals surface area (Å²) >= 11 is 1.13. The molecule has 0 saturated carbocycles. The van der Waals surface area contributed by atoms with Crippen LogP contribution in [0, 0.1) is 24.0 Å². The number of anilines is 2. The number of hydrogen-bond acceptors (Lipinski definition) is 7. The SMILES string of the molecule is Cc1nnc(NC(=O)C(=O)Nc2cc([N+](=O)[O-])ccc2C)s1. The summed E-state index contributed by atoms with van der Waals surface area (Å²) in [7, 11) is 0. The van der Waals surface area contributed by atoms with E-state index in [1.807, 2.05) is 0 Å². The molecule has 0 spiro atoms. The lowest BCUT2D eigenvalue weighted by atomic mass is 10.2. The number of nitrogens with zero attached hydrogens (tertiary/aromatic N) is 3. The van der Waals surface area contributed by atoms with E-state index in [1.165, 1.54) is 18.2 Å². The van der Waals surface area contributed by atoms with Crippen LogP contribution in [0.1, 0.15) is 10.6 Å². The number of nitro groups is 1. The van der Waals surface area contributed by atoms with Gasteiger partial charge < -0.3 is 5.32 Å². The molecule has 0 aliphatic heterocycles.